The summed E-state index contributed by atoms with van der Waals surface area (Å²) in [5.41, 5.74) is -1.47. The van der Waals surface area contributed by atoms with Gasteiger partial charge < -0.3 is 15.1 Å². The number of carbonyl (C=O) groups excluding carboxylic acids is 1. The maximum absolute atomic E-state index is 11.7. The molecule has 0 aromatic carbocycles. The lowest BCUT2D eigenvalue weighted by atomic mass is 10.0. The van der Waals surface area contributed by atoms with Crippen LogP contribution in [0.5, 0.6) is 0 Å². The van der Waals surface area contributed by atoms with Crippen LogP contribution >= 0.6 is 0 Å². The molecule has 5 nitrogen and oxygen atoms in total. The molecule has 0 aromatic heterocycles. The van der Waals surface area contributed by atoms with E-state index in [-0.39, 0.29) is 5.91 Å². The van der Waals surface area contributed by atoms with Crippen molar-refractivity contribution in [1.82, 2.24) is 4.90 Å². The topological polar surface area (TPSA) is 77.8 Å². The highest BCUT2D eigenvalue weighted by Gasteiger charge is 2.41. The number of rotatable bonds is 3. The van der Waals surface area contributed by atoms with E-state index in [0.29, 0.717) is 13.0 Å². The first-order valence-electron chi connectivity index (χ1n) is 5.17. The number of aliphatic hydroxyl groups excluding tert-OH is 1. The standard InChI is InChI=1S/C10H17NO4/c1-10(7-12,9(14)15)11-6-4-2-3-5-8(11)13/h12H,2-7H2,1H3,(H,14,15). The van der Waals surface area contributed by atoms with Crippen LogP contribution in [-0.2, 0) is 9.59 Å². The normalized spacial score (nSPS) is 22.0. The number of carboxylic acid groups (broad SMARTS) is 1. The average Bonchev–Trinajstić information content (AvgIpc) is 2.41. The first-order chi connectivity index (χ1) is 7.02. The molecule has 0 aliphatic carbocycles. The van der Waals surface area contributed by atoms with E-state index in [1.165, 1.54) is 11.8 Å². The third-order valence-electron chi connectivity index (χ3n) is 2.94. The summed E-state index contributed by atoms with van der Waals surface area (Å²) in [4.78, 5) is 24.0. The molecule has 1 saturated heterocycles. The zero-order valence-electron chi connectivity index (χ0n) is 8.90. The Bertz CT molecular complexity index is 266. The molecule has 1 amide bonds. The van der Waals surface area contributed by atoms with E-state index in [9.17, 15) is 9.59 Å². The second-order valence-corrected chi connectivity index (χ2v) is 4.09. The van der Waals surface area contributed by atoms with Gasteiger partial charge in [0.15, 0.2) is 5.54 Å². The Kier molecular flexibility index (Phi) is 3.68. The van der Waals surface area contributed by atoms with Gasteiger partial charge in [-0.25, -0.2) is 4.79 Å². The highest BCUT2D eigenvalue weighted by molar-refractivity contribution is 5.87. The van der Waals surface area contributed by atoms with Crippen LogP contribution in [0.1, 0.15) is 32.6 Å². The Morgan fingerprint density at radius 1 is 1.47 bits per heavy atom. The van der Waals surface area contributed by atoms with Gasteiger partial charge in [-0.15, -0.1) is 0 Å². The highest BCUT2D eigenvalue weighted by Crippen LogP contribution is 2.21. The minimum absolute atomic E-state index is 0.175. The second kappa shape index (κ2) is 4.61. The fourth-order valence-electron chi connectivity index (χ4n) is 1.77. The number of likely N-dealkylation sites (tertiary alicyclic amines) is 1. The number of carboxylic acids is 1. The molecule has 0 aromatic rings. The fraction of sp³-hybridized carbons (Fsp3) is 0.800. The van der Waals surface area contributed by atoms with Crippen LogP contribution in [0.3, 0.4) is 0 Å². The maximum atomic E-state index is 11.7. The Hall–Kier alpha value is -1.10. The Labute approximate surface area is 88.7 Å². The van der Waals surface area contributed by atoms with Gasteiger partial charge in [-0.3, -0.25) is 4.79 Å². The van der Waals surface area contributed by atoms with Crippen molar-refractivity contribution in [2.75, 3.05) is 13.2 Å². The van der Waals surface area contributed by atoms with E-state index in [1.807, 2.05) is 0 Å². The summed E-state index contributed by atoms with van der Waals surface area (Å²) >= 11 is 0. The minimum Gasteiger partial charge on any atom is -0.479 e. The van der Waals surface area contributed by atoms with Crippen molar-refractivity contribution in [3.63, 3.8) is 0 Å². The smallest absolute Gasteiger partial charge is 0.331 e. The van der Waals surface area contributed by atoms with Crippen molar-refractivity contribution >= 4 is 11.9 Å². The molecule has 86 valence electrons. The van der Waals surface area contributed by atoms with Crippen molar-refractivity contribution in [2.24, 2.45) is 0 Å². The predicted octanol–water partition coefficient (Wildman–Crippen LogP) is 0.225. The van der Waals surface area contributed by atoms with Crippen molar-refractivity contribution in [1.29, 1.82) is 0 Å². The quantitative estimate of drug-likeness (QED) is 0.706. The van der Waals surface area contributed by atoms with Gasteiger partial charge in [-0.1, -0.05) is 6.42 Å². The third kappa shape index (κ3) is 2.28. The van der Waals surface area contributed by atoms with E-state index < -0.39 is 18.1 Å². The van der Waals surface area contributed by atoms with Gasteiger partial charge in [0.2, 0.25) is 5.91 Å². The van der Waals surface area contributed by atoms with E-state index in [1.54, 1.807) is 0 Å². The molecule has 0 radical (unpaired) electrons. The summed E-state index contributed by atoms with van der Waals surface area (Å²) in [6.07, 6.45) is 2.91. The summed E-state index contributed by atoms with van der Waals surface area (Å²) in [6.45, 7) is 1.26. The van der Waals surface area contributed by atoms with Crippen LogP contribution in [0.25, 0.3) is 0 Å². The largest absolute Gasteiger partial charge is 0.479 e. The number of aliphatic hydroxyl groups is 1. The number of amides is 1. The SMILES string of the molecule is CC(CO)(C(=O)O)N1CCCCCC1=O. The zero-order valence-corrected chi connectivity index (χ0v) is 8.90. The minimum atomic E-state index is -1.47. The summed E-state index contributed by atoms with van der Waals surface area (Å²) in [6, 6.07) is 0. The molecular formula is C10H17NO4. The van der Waals surface area contributed by atoms with Gasteiger partial charge in [-0.05, 0) is 19.8 Å². The third-order valence-corrected chi connectivity index (χ3v) is 2.94. The van der Waals surface area contributed by atoms with Crippen LogP contribution < -0.4 is 0 Å². The van der Waals surface area contributed by atoms with Crippen LogP contribution in [-0.4, -0.2) is 45.7 Å². The molecule has 1 fully saturated rings. The predicted molar refractivity (Wildman–Crippen MR) is 53.3 cm³/mol. The van der Waals surface area contributed by atoms with E-state index in [0.717, 1.165) is 19.3 Å². The summed E-state index contributed by atoms with van der Waals surface area (Å²) < 4.78 is 0. The summed E-state index contributed by atoms with van der Waals surface area (Å²) in [5.74, 6) is -1.33. The molecule has 15 heavy (non-hydrogen) atoms. The first-order valence-corrected chi connectivity index (χ1v) is 5.17. The molecule has 1 atom stereocenters. The average molecular weight is 215 g/mol. The molecular weight excluding hydrogens is 198 g/mol. The van der Waals surface area contributed by atoms with Gasteiger partial charge in [0.05, 0.1) is 6.61 Å². The highest BCUT2D eigenvalue weighted by atomic mass is 16.4. The summed E-state index contributed by atoms with van der Waals surface area (Å²) in [5, 5.41) is 18.2. The van der Waals surface area contributed by atoms with Crippen molar-refractivity contribution in [2.45, 2.75) is 38.1 Å². The van der Waals surface area contributed by atoms with Crippen LogP contribution in [0.15, 0.2) is 0 Å². The Morgan fingerprint density at radius 2 is 2.13 bits per heavy atom. The molecule has 5 heteroatoms. The van der Waals surface area contributed by atoms with Gasteiger partial charge in [0, 0.05) is 13.0 Å². The summed E-state index contributed by atoms with van der Waals surface area (Å²) in [7, 11) is 0. The molecule has 0 saturated carbocycles. The number of hydrogen-bond acceptors (Lipinski definition) is 3. The van der Waals surface area contributed by atoms with Crippen LogP contribution in [0.4, 0.5) is 0 Å². The van der Waals surface area contributed by atoms with E-state index >= 15 is 0 Å². The Morgan fingerprint density at radius 3 is 2.67 bits per heavy atom. The maximum Gasteiger partial charge on any atom is 0.331 e. The lowest BCUT2D eigenvalue weighted by Gasteiger charge is -2.35. The number of aliphatic carboxylic acids is 1. The van der Waals surface area contributed by atoms with Gasteiger partial charge in [0.1, 0.15) is 0 Å². The van der Waals surface area contributed by atoms with Gasteiger partial charge in [0.25, 0.3) is 0 Å². The van der Waals surface area contributed by atoms with E-state index in [4.69, 9.17) is 10.2 Å². The van der Waals surface area contributed by atoms with Crippen molar-refractivity contribution < 1.29 is 19.8 Å². The lowest BCUT2D eigenvalue weighted by Crippen LogP contribution is -2.57. The molecule has 1 rings (SSSR count). The monoisotopic (exact) mass is 215 g/mol. The number of hydrogen-bond donors (Lipinski definition) is 2. The van der Waals surface area contributed by atoms with Gasteiger partial charge in [-0.2, -0.15) is 0 Å². The van der Waals surface area contributed by atoms with Crippen molar-refractivity contribution in [3.8, 4) is 0 Å². The lowest BCUT2D eigenvalue weighted by molar-refractivity contribution is -0.160. The van der Waals surface area contributed by atoms with Crippen LogP contribution in [0.2, 0.25) is 0 Å². The molecule has 1 aliphatic heterocycles. The number of carbonyl (C=O) groups is 2. The first kappa shape index (κ1) is 12.0. The molecule has 0 bridgehead atoms. The Balaban J connectivity index is 2.90. The molecule has 2 N–H and O–H groups in total. The van der Waals surface area contributed by atoms with Crippen molar-refractivity contribution in [3.05, 3.63) is 0 Å². The zero-order chi connectivity index (χ0) is 11.5. The van der Waals surface area contributed by atoms with Gasteiger partial charge >= 0.3 is 5.97 Å². The molecule has 0 spiro atoms. The van der Waals surface area contributed by atoms with Crippen LogP contribution in [0, 0.1) is 0 Å². The fourth-order valence-corrected chi connectivity index (χ4v) is 1.77. The molecule has 1 heterocycles. The molecule has 1 aliphatic rings. The molecule has 1 unspecified atom stereocenters. The number of nitrogens with zero attached hydrogens (tertiary/aromatic N) is 1. The second-order valence-electron chi connectivity index (χ2n) is 4.09. The van der Waals surface area contributed by atoms with E-state index in [2.05, 4.69) is 0 Å².